The van der Waals surface area contributed by atoms with Crippen LogP contribution in [-0.4, -0.2) is 31.3 Å². The summed E-state index contributed by atoms with van der Waals surface area (Å²) in [6.45, 7) is 3.51. The standard InChI is InChI=1S/C15H18N6S/c1-10-19-14(17-6-7-21-9-16-8-18-21)13-11-4-2-3-5-12(11)22-15(13)20-10/h8-9H,2-7H2,1H3,(H,17,19,20). The van der Waals surface area contributed by atoms with E-state index in [9.17, 15) is 0 Å². The van der Waals surface area contributed by atoms with E-state index in [1.807, 2.05) is 22.9 Å². The van der Waals surface area contributed by atoms with Crippen LogP contribution in [0.2, 0.25) is 0 Å². The van der Waals surface area contributed by atoms with E-state index in [1.165, 1.54) is 35.1 Å². The molecule has 0 spiro atoms. The van der Waals surface area contributed by atoms with Crippen molar-refractivity contribution in [1.82, 2.24) is 24.7 Å². The smallest absolute Gasteiger partial charge is 0.138 e. The van der Waals surface area contributed by atoms with E-state index in [-0.39, 0.29) is 0 Å². The second-order valence-electron chi connectivity index (χ2n) is 5.60. The Morgan fingerprint density at radius 1 is 1.27 bits per heavy atom. The van der Waals surface area contributed by atoms with Crippen molar-refractivity contribution in [2.75, 3.05) is 11.9 Å². The van der Waals surface area contributed by atoms with Gasteiger partial charge in [-0.2, -0.15) is 5.10 Å². The van der Waals surface area contributed by atoms with Gasteiger partial charge in [-0.15, -0.1) is 11.3 Å². The highest BCUT2D eigenvalue weighted by atomic mass is 32.1. The Morgan fingerprint density at radius 3 is 3.05 bits per heavy atom. The summed E-state index contributed by atoms with van der Waals surface area (Å²) in [7, 11) is 0. The van der Waals surface area contributed by atoms with E-state index in [0.717, 1.165) is 36.0 Å². The van der Waals surface area contributed by atoms with E-state index in [0.29, 0.717) is 0 Å². The minimum atomic E-state index is 0.775. The molecule has 0 radical (unpaired) electrons. The Labute approximate surface area is 132 Å². The molecule has 0 saturated carbocycles. The van der Waals surface area contributed by atoms with Gasteiger partial charge in [0.15, 0.2) is 0 Å². The van der Waals surface area contributed by atoms with Crippen molar-refractivity contribution < 1.29 is 0 Å². The van der Waals surface area contributed by atoms with Gasteiger partial charge in [-0.05, 0) is 38.2 Å². The van der Waals surface area contributed by atoms with Crippen LogP contribution in [0.5, 0.6) is 0 Å². The monoisotopic (exact) mass is 314 g/mol. The third-order valence-electron chi connectivity index (χ3n) is 4.03. The fraction of sp³-hybridized carbons (Fsp3) is 0.467. The first kappa shape index (κ1) is 13.6. The lowest BCUT2D eigenvalue weighted by atomic mass is 9.97. The molecule has 0 unspecified atom stereocenters. The van der Waals surface area contributed by atoms with Gasteiger partial charge in [-0.25, -0.2) is 15.0 Å². The van der Waals surface area contributed by atoms with Crippen LogP contribution in [0.4, 0.5) is 5.82 Å². The summed E-state index contributed by atoms with van der Waals surface area (Å²) in [6, 6.07) is 0. The molecule has 0 amide bonds. The minimum absolute atomic E-state index is 0.775. The van der Waals surface area contributed by atoms with Gasteiger partial charge in [0.05, 0.1) is 11.9 Å². The number of thiophene rings is 1. The van der Waals surface area contributed by atoms with Crippen LogP contribution in [-0.2, 0) is 19.4 Å². The molecule has 1 N–H and O–H groups in total. The number of hydrogen-bond donors (Lipinski definition) is 1. The first-order valence-electron chi connectivity index (χ1n) is 7.66. The van der Waals surface area contributed by atoms with Crippen LogP contribution >= 0.6 is 11.3 Å². The molecule has 0 bridgehead atoms. The lowest BCUT2D eigenvalue weighted by Gasteiger charge is -2.13. The number of nitrogens with one attached hydrogen (secondary N) is 1. The summed E-state index contributed by atoms with van der Waals surface area (Å²) >= 11 is 1.84. The number of nitrogens with zero attached hydrogens (tertiary/aromatic N) is 5. The maximum Gasteiger partial charge on any atom is 0.138 e. The fourth-order valence-corrected chi connectivity index (χ4v) is 4.34. The van der Waals surface area contributed by atoms with Crippen molar-refractivity contribution in [1.29, 1.82) is 0 Å². The Kier molecular flexibility index (Phi) is 3.49. The predicted octanol–water partition coefficient (Wildman–Crippen LogP) is 2.58. The highest BCUT2D eigenvalue weighted by Crippen LogP contribution is 2.38. The highest BCUT2D eigenvalue weighted by molar-refractivity contribution is 7.19. The number of aryl methyl sites for hydroxylation is 3. The number of fused-ring (bicyclic) bond motifs is 3. The molecule has 3 aromatic heterocycles. The van der Waals surface area contributed by atoms with E-state index in [1.54, 1.807) is 12.7 Å². The molecule has 0 fully saturated rings. The van der Waals surface area contributed by atoms with Gasteiger partial charge in [0.1, 0.15) is 29.1 Å². The summed E-state index contributed by atoms with van der Waals surface area (Å²) in [5.74, 6) is 1.80. The molecular formula is C15H18N6S. The second kappa shape index (κ2) is 5.64. The van der Waals surface area contributed by atoms with Crippen LogP contribution in [0.25, 0.3) is 10.2 Å². The molecule has 3 aromatic rings. The second-order valence-corrected chi connectivity index (χ2v) is 6.68. The Hall–Kier alpha value is -2.02. The molecule has 0 saturated heterocycles. The molecule has 7 heteroatoms. The molecule has 22 heavy (non-hydrogen) atoms. The molecule has 3 heterocycles. The average Bonchev–Trinajstić information content (AvgIpc) is 3.13. The minimum Gasteiger partial charge on any atom is -0.368 e. The van der Waals surface area contributed by atoms with Gasteiger partial charge < -0.3 is 5.32 Å². The van der Waals surface area contributed by atoms with Gasteiger partial charge in [0.2, 0.25) is 0 Å². The molecule has 1 aliphatic rings. The van der Waals surface area contributed by atoms with Gasteiger partial charge in [-0.1, -0.05) is 0 Å². The van der Waals surface area contributed by atoms with Crippen LogP contribution in [0.15, 0.2) is 12.7 Å². The van der Waals surface area contributed by atoms with Crippen molar-refractivity contribution >= 4 is 27.4 Å². The lowest BCUT2D eigenvalue weighted by Crippen LogP contribution is -2.13. The Bertz CT molecular complexity index is 792. The zero-order chi connectivity index (χ0) is 14.9. The zero-order valence-electron chi connectivity index (χ0n) is 12.5. The molecule has 114 valence electrons. The number of anilines is 1. The summed E-state index contributed by atoms with van der Waals surface area (Å²) in [4.78, 5) is 15.9. The van der Waals surface area contributed by atoms with Gasteiger partial charge in [0, 0.05) is 11.4 Å². The summed E-state index contributed by atoms with van der Waals surface area (Å²) in [5, 5.41) is 8.83. The number of hydrogen-bond acceptors (Lipinski definition) is 6. The SMILES string of the molecule is Cc1nc(NCCn2cncn2)c2c3c(sc2n1)CCCC3. The normalized spacial score (nSPS) is 14.2. The van der Waals surface area contributed by atoms with Crippen LogP contribution in [0, 0.1) is 6.92 Å². The summed E-state index contributed by atoms with van der Waals surface area (Å²) < 4.78 is 1.82. The maximum atomic E-state index is 4.64. The van der Waals surface area contributed by atoms with Crippen molar-refractivity contribution in [3.63, 3.8) is 0 Å². The first-order chi connectivity index (χ1) is 10.8. The highest BCUT2D eigenvalue weighted by Gasteiger charge is 2.20. The Balaban J connectivity index is 1.65. The quantitative estimate of drug-likeness (QED) is 0.801. The Morgan fingerprint density at radius 2 is 2.18 bits per heavy atom. The van der Waals surface area contributed by atoms with E-state index in [2.05, 4.69) is 25.4 Å². The van der Waals surface area contributed by atoms with Gasteiger partial charge in [0.25, 0.3) is 0 Å². The molecular weight excluding hydrogens is 296 g/mol. The molecule has 0 aromatic carbocycles. The fourth-order valence-electron chi connectivity index (χ4n) is 3.03. The summed E-state index contributed by atoms with van der Waals surface area (Å²) in [6.07, 6.45) is 8.19. The zero-order valence-corrected chi connectivity index (χ0v) is 13.4. The topological polar surface area (TPSA) is 68.5 Å². The summed E-state index contributed by atoms with van der Waals surface area (Å²) in [5.41, 5.74) is 1.47. The third kappa shape index (κ3) is 2.45. The van der Waals surface area contributed by atoms with Crippen molar-refractivity contribution in [2.45, 2.75) is 39.2 Å². The van der Waals surface area contributed by atoms with Crippen molar-refractivity contribution in [3.8, 4) is 0 Å². The van der Waals surface area contributed by atoms with Gasteiger partial charge >= 0.3 is 0 Å². The maximum absolute atomic E-state index is 4.64. The largest absolute Gasteiger partial charge is 0.368 e. The van der Waals surface area contributed by atoms with E-state index < -0.39 is 0 Å². The average molecular weight is 314 g/mol. The predicted molar refractivity (Wildman–Crippen MR) is 87.3 cm³/mol. The number of aromatic nitrogens is 5. The van der Waals surface area contributed by atoms with Crippen molar-refractivity contribution in [3.05, 3.63) is 28.9 Å². The van der Waals surface area contributed by atoms with Crippen LogP contribution in [0.1, 0.15) is 29.1 Å². The van der Waals surface area contributed by atoms with Crippen LogP contribution < -0.4 is 5.32 Å². The third-order valence-corrected chi connectivity index (χ3v) is 5.21. The van der Waals surface area contributed by atoms with E-state index in [4.69, 9.17) is 0 Å². The van der Waals surface area contributed by atoms with Crippen LogP contribution in [0.3, 0.4) is 0 Å². The van der Waals surface area contributed by atoms with Gasteiger partial charge in [-0.3, -0.25) is 4.68 Å². The number of rotatable bonds is 4. The lowest BCUT2D eigenvalue weighted by molar-refractivity contribution is 0.635. The molecule has 4 rings (SSSR count). The molecule has 1 aliphatic carbocycles. The molecule has 0 atom stereocenters. The molecule has 6 nitrogen and oxygen atoms in total. The molecule has 0 aliphatic heterocycles. The van der Waals surface area contributed by atoms with E-state index >= 15 is 0 Å². The van der Waals surface area contributed by atoms with Crippen molar-refractivity contribution in [2.24, 2.45) is 0 Å². The first-order valence-corrected chi connectivity index (χ1v) is 8.48.